The molecule has 1 saturated carbocycles. The molecule has 8 heteroatoms. The molecule has 0 aromatic heterocycles. The molecule has 0 bridgehead atoms. The number of amides is 4. The van der Waals surface area contributed by atoms with E-state index < -0.39 is 11.9 Å². The van der Waals surface area contributed by atoms with Gasteiger partial charge in [-0.3, -0.25) is 19.2 Å². The predicted octanol–water partition coefficient (Wildman–Crippen LogP) is 3.76. The third kappa shape index (κ3) is 4.81. The molecule has 8 nitrogen and oxygen atoms in total. The molecule has 1 aliphatic carbocycles. The van der Waals surface area contributed by atoms with E-state index in [1.807, 2.05) is 0 Å². The number of carbonyl (C=O) groups is 4. The maximum Gasteiger partial charge on any atom is 0.257 e. The fraction of sp³-hybridized carbons (Fsp3) is 0.385. The monoisotopic (exact) mass is 463 g/mol. The van der Waals surface area contributed by atoms with Gasteiger partial charge in [0.2, 0.25) is 11.8 Å². The molecular formula is C26H29N3O5. The summed E-state index contributed by atoms with van der Waals surface area (Å²) in [5.74, 6) is -0.554. The van der Waals surface area contributed by atoms with Crippen molar-refractivity contribution in [3.8, 4) is 5.75 Å². The summed E-state index contributed by atoms with van der Waals surface area (Å²) in [6.45, 7) is 1.41. The normalized spacial score (nSPS) is 18.6. The van der Waals surface area contributed by atoms with Gasteiger partial charge >= 0.3 is 0 Å². The summed E-state index contributed by atoms with van der Waals surface area (Å²) in [5.41, 5.74) is 1.46. The van der Waals surface area contributed by atoms with Crippen molar-refractivity contribution in [3.05, 3.63) is 54.1 Å². The van der Waals surface area contributed by atoms with Crippen LogP contribution in [-0.4, -0.2) is 47.7 Å². The number of imide groups is 1. The van der Waals surface area contributed by atoms with Crippen LogP contribution in [0.4, 0.5) is 11.4 Å². The number of ether oxygens (including phenoxy) is 1. The van der Waals surface area contributed by atoms with Crippen LogP contribution in [0.1, 0.15) is 55.8 Å². The molecule has 178 valence electrons. The van der Waals surface area contributed by atoms with Crippen molar-refractivity contribution in [2.24, 2.45) is 0 Å². The highest BCUT2D eigenvalue weighted by Gasteiger charge is 2.46. The highest BCUT2D eigenvalue weighted by Crippen LogP contribution is 2.32. The maximum atomic E-state index is 13.6. The minimum Gasteiger partial charge on any atom is -0.497 e. The van der Waals surface area contributed by atoms with Gasteiger partial charge in [-0.15, -0.1) is 0 Å². The second-order valence-electron chi connectivity index (χ2n) is 8.75. The Morgan fingerprint density at radius 3 is 2.21 bits per heavy atom. The number of methoxy groups -OCH3 is 1. The van der Waals surface area contributed by atoms with Gasteiger partial charge in [0.1, 0.15) is 11.8 Å². The first-order valence-electron chi connectivity index (χ1n) is 11.6. The lowest BCUT2D eigenvalue weighted by atomic mass is 9.92. The molecule has 2 aromatic carbocycles. The van der Waals surface area contributed by atoms with Crippen molar-refractivity contribution >= 4 is 35.0 Å². The Balaban J connectivity index is 1.62. The van der Waals surface area contributed by atoms with Crippen LogP contribution in [0.3, 0.4) is 0 Å². The van der Waals surface area contributed by atoms with Crippen molar-refractivity contribution in [3.63, 3.8) is 0 Å². The molecule has 0 radical (unpaired) electrons. The van der Waals surface area contributed by atoms with E-state index in [4.69, 9.17) is 4.74 Å². The fourth-order valence-electron chi connectivity index (χ4n) is 4.81. The minimum absolute atomic E-state index is 0.0509. The summed E-state index contributed by atoms with van der Waals surface area (Å²) in [7, 11) is 1.56. The van der Waals surface area contributed by atoms with E-state index in [1.165, 1.54) is 6.92 Å². The molecule has 0 spiro atoms. The summed E-state index contributed by atoms with van der Waals surface area (Å²) >= 11 is 0. The number of nitrogens with one attached hydrogen (secondary N) is 1. The van der Waals surface area contributed by atoms with E-state index in [-0.39, 0.29) is 30.2 Å². The van der Waals surface area contributed by atoms with Crippen LogP contribution in [0.15, 0.2) is 48.5 Å². The number of anilines is 2. The van der Waals surface area contributed by atoms with Gasteiger partial charge in [0.15, 0.2) is 0 Å². The number of hydrogen-bond acceptors (Lipinski definition) is 5. The summed E-state index contributed by atoms with van der Waals surface area (Å²) in [4.78, 5) is 54.2. The zero-order chi connectivity index (χ0) is 24.2. The lowest BCUT2D eigenvalue weighted by Crippen LogP contribution is -2.51. The highest BCUT2D eigenvalue weighted by atomic mass is 16.5. The Labute approximate surface area is 198 Å². The van der Waals surface area contributed by atoms with Crippen LogP contribution in [0, 0.1) is 0 Å². The second-order valence-corrected chi connectivity index (χ2v) is 8.75. The average Bonchev–Trinajstić information content (AvgIpc) is 3.13. The molecule has 34 heavy (non-hydrogen) atoms. The molecule has 1 N–H and O–H groups in total. The number of nitrogens with zero attached hydrogens (tertiary/aromatic N) is 2. The molecular weight excluding hydrogens is 434 g/mol. The molecule has 2 aliphatic rings. The van der Waals surface area contributed by atoms with Gasteiger partial charge in [0, 0.05) is 24.2 Å². The Kier molecular flexibility index (Phi) is 6.95. The van der Waals surface area contributed by atoms with Gasteiger partial charge < -0.3 is 15.0 Å². The first-order valence-corrected chi connectivity index (χ1v) is 11.6. The number of benzene rings is 2. The molecule has 2 fully saturated rings. The standard InChI is InChI=1S/C26H29N3O5/c1-17(30)27-19-10-12-21(13-11-19)29-24(31)16-23(26(29)33)28(20-6-4-3-5-7-20)25(32)18-8-14-22(34-2)15-9-18/h8-15,20,23H,3-7,16H2,1-2H3,(H,27,30). The fourth-order valence-corrected chi connectivity index (χ4v) is 4.81. The van der Waals surface area contributed by atoms with E-state index in [0.717, 1.165) is 37.0 Å². The Bertz CT molecular complexity index is 1070. The topological polar surface area (TPSA) is 96.0 Å². The van der Waals surface area contributed by atoms with Crippen LogP contribution < -0.4 is 15.0 Å². The Morgan fingerprint density at radius 2 is 1.62 bits per heavy atom. The largest absolute Gasteiger partial charge is 0.497 e. The molecule has 1 saturated heterocycles. The number of rotatable bonds is 6. The third-order valence-corrected chi connectivity index (χ3v) is 6.44. The van der Waals surface area contributed by atoms with Gasteiger partial charge in [0.25, 0.3) is 11.8 Å². The zero-order valence-corrected chi connectivity index (χ0v) is 19.5. The van der Waals surface area contributed by atoms with E-state index >= 15 is 0 Å². The van der Waals surface area contributed by atoms with Crippen LogP contribution in [0.5, 0.6) is 5.75 Å². The summed E-state index contributed by atoms with van der Waals surface area (Å²) < 4.78 is 5.20. The first-order chi connectivity index (χ1) is 16.4. The van der Waals surface area contributed by atoms with Crippen LogP contribution in [0.2, 0.25) is 0 Å². The Morgan fingerprint density at radius 1 is 0.971 bits per heavy atom. The number of hydrogen-bond donors (Lipinski definition) is 1. The van der Waals surface area contributed by atoms with Gasteiger partial charge in [-0.05, 0) is 61.4 Å². The zero-order valence-electron chi connectivity index (χ0n) is 19.5. The lowest BCUT2D eigenvalue weighted by Gasteiger charge is -2.37. The lowest BCUT2D eigenvalue weighted by molar-refractivity contribution is -0.123. The molecule has 2 aromatic rings. The van der Waals surface area contributed by atoms with E-state index in [0.29, 0.717) is 22.7 Å². The molecule has 1 atom stereocenters. The van der Waals surface area contributed by atoms with E-state index in [2.05, 4.69) is 5.32 Å². The van der Waals surface area contributed by atoms with Crippen LogP contribution in [-0.2, 0) is 14.4 Å². The SMILES string of the molecule is COc1ccc(C(=O)N(C2CCCCC2)C2CC(=O)N(c3ccc(NC(C)=O)cc3)C2=O)cc1. The van der Waals surface area contributed by atoms with Crippen molar-refractivity contribution < 1.29 is 23.9 Å². The molecule has 1 unspecified atom stereocenters. The van der Waals surface area contributed by atoms with E-state index in [9.17, 15) is 19.2 Å². The third-order valence-electron chi connectivity index (χ3n) is 6.44. The highest BCUT2D eigenvalue weighted by molar-refractivity contribution is 6.23. The Hall–Kier alpha value is -3.68. The van der Waals surface area contributed by atoms with Crippen molar-refractivity contribution in [2.45, 2.75) is 57.5 Å². The van der Waals surface area contributed by atoms with Crippen LogP contribution >= 0.6 is 0 Å². The van der Waals surface area contributed by atoms with Gasteiger partial charge in [-0.1, -0.05) is 19.3 Å². The number of carbonyl (C=O) groups excluding carboxylic acids is 4. The molecule has 1 aliphatic heterocycles. The van der Waals surface area contributed by atoms with Crippen LogP contribution in [0.25, 0.3) is 0 Å². The van der Waals surface area contributed by atoms with Crippen molar-refractivity contribution in [1.29, 1.82) is 0 Å². The summed E-state index contributed by atoms with van der Waals surface area (Å²) in [6.07, 6.45) is 4.65. The van der Waals surface area contributed by atoms with Gasteiger partial charge in [-0.25, -0.2) is 4.90 Å². The molecule has 1 heterocycles. The maximum absolute atomic E-state index is 13.6. The van der Waals surface area contributed by atoms with Crippen molar-refractivity contribution in [1.82, 2.24) is 4.90 Å². The smallest absolute Gasteiger partial charge is 0.257 e. The summed E-state index contributed by atoms with van der Waals surface area (Å²) in [6, 6.07) is 12.4. The molecule has 4 rings (SSSR count). The van der Waals surface area contributed by atoms with Gasteiger partial charge in [-0.2, -0.15) is 0 Å². The average molecular weight is 464 g/mol. The van der Waals surface area contributed by atoms with Crippen molar-refractivity contribution in [2.75, 3.05) is 17.3 Å². The van der Waals surface area contributed by atoms with E-state index in [1.54, 1.807) is 60.5 Å². The minimum atomic E-state index is -0.847. The molecule has 4 amide bonds. The first kappa shape index (κ1) is 23.5. The second kappa shape index (κ2) is 10.1. The van der Waals surface area contributed by atoms with Gasteiger partial charge in [0.05, 0.1) is 19.2 Å². The predicted molar refractivity (Wildman–Crippen MR) is 128 cm³/mol. The summed E-state index contributed by atoms with van der Waals surface area (Å²) in [5, 5.41) is 2.67. The quantitative estimate of drug-likeness (QED) is 0.658.